The molecule has 0 aliphatic rings. The third-order valence-corrected chi connectivity index (χ3v) is 2.46. The molecule has 1 aromatic rings. The lowest BCUT2D eigenvalue weighted by Gasteiger charge is -1.93. The lowest BCUT2D eigenvalue weighted by atomic mass is 10.2. The van der Waals surface area contributed by atoms with E-state index < -0.39 is 0 Å². The van der Waals surface area contributed by atoms with Gasteiger partial charge in [0.25, 0.3) is 0 Å². The van der Waals surface area contributed by atoms with Gasteiger partial charge >= 0.3 is 4.87 Å². The van der Waals surface area contributed by atoms with Gasteiger partial charge in [-0.25, -0.2) is 0 Å². The monoisotopic (exact) mass is 211 g/mol. The van der Waals surface area contributed by atoms with Crippen LogP contribution in [0, 0.1) is 0 Å². The molecule has 0 fully saturated rings. The van der Waals surface area contributed by atoms with Crippen molar-refractivity contribution in [3.63, 3.8) is 0 Å². The Labute approximate surface area is 89.0 Å². The van der Waals surface area contributed by atoms with Gasteiger partial charge in [-0.15, -0.1) is 0 Å². The maximum atomic E-state index is 11.0. The standard InChI is InChI=1S/C9H11NOS.C2H6/c1-4-5-7-8(6(2)3)12-9(11)10-7;1-2/h4-5H,2H2,1,3H3,(H,10,11);1-2H3/b5-4-;. The van der Waals surface area contributed by atoms with Crippen molar-refractivity contribution in [1.82, 2.24) is 4.98 Å². The van der Waals surface area contributed by atoms with E-state index in [4.69, 9.17) is 0 Å². The highest BCUT2D eigenvalue weighted by atomic mass is 32.1. The van der Waals surface area contributed by atoms with Crippen molar-refractivity contribution in [2.24, 2.45) is 0 Å². The Morgan fingerprint density at radius 2 is 2.07 bits per heavy atom. The van der Waals surface area contributed by atoms with Gasteiger partial charge in [0, 0.05) is 0 Å². The minimum atomic E-state index is -0.0268. The van der Waals surface area contributed by atoms with Gasteiger partial charge in [0.1, 0.15) is 0 Å². The zero-order valence-electron chi connectivity index (χ0n) is 9.18. The molecule has 0 atom stereocenters. The summed E-state index contributed by atoms with van der Waals surface area (Å²) in [4.78, 5) is 14.6. The molecule has 0 aromatic carbocycles. The Morgan fingerprint density at radius 1 is 1.50 bits per heavy atom. The van der Waals surface area contributed by atoms with Crippen LogP contribution in [-0.4, -0.2) is 4.98 Å². The van der Waals surface area contributed by atoms with Crippen molar-refractivity contribution >= 4 is 23.0 Å². The summed E-state index contributed by atoms with van der Waals surface area (Å²) in [6.07, 6.45) is 3.77. The summed E-state index contributed by atoms with van der Waals surface area (Å²) in [5.74, 6) is 0. The normalized spacial score (nSPS) is 9.71. The van der Waals surface area contributed by atoms with Crippen molar-refractivity contribution in [1.29, 1.82) is 0 Å². The Hall–Kier alpha value is -1.09. The smallest absolute Gasteiger partial charge is 0.305 e. The van der Waals surface area contributed by atoms with Gasteiger partial charge in [0.2, 0.25) is 0 Å². The van der Waals surface area contributed by atoms with E-state index in [2.05, 4.69) is 11.6 Å². The van der Waals surface area contributed by atoms with Gasteiger partial charge in [-0.1, -0.05) is 37.8 Å². The molecule has 14 heavy (non-hydrogen) atoms. The van der Waals surface area contributed by atoms with Crippen LogP contribution in [0.15, 0.2) is 17.4 Å². The number of thiazole rings is 1. The van der Waals surface area contributed by atoms with Crippen LogP contribution in [0.3, 0.4) is 0 Å². The minimum absolute atomic E-state index is 0.0268. The quantitative estimate of drug-likeness (QED) is 0.797. The molecule has 0 radical (unpaired) electrons. The predicted octanol–water partition coefficient (Wildman–Crippen LogP) is 3.53. The molecular formula is C11H17NOS. The molecule has 0 saturated heterocycles. The van der Waals surface area contributed by atoms with Gasteiger partial charge in [-0.2, -0.15) is 0 Å². The second kappa shape index (κ2) is 6.38. The molecule has 0 saturated carbocycles. The molecule has 3 heteroatoms. The Kier molecular flexibility index (Phi) is 5.88. The van der Waals surface area contributed by atoms with Crippen LogP contribution in [-0.2, 0) is 0 Å². The average Bonchev–Trinajstić information content (AvgIpc) is 2.51. The predicted molar refractivity (Wildman–Crippen MR) is 65.7 cm³/mol. The van der Waals surface area contributed by atoms with Gasteiger partial charge in [-0.05, 0) is 25.5 Å². The first-order valence-corrected chi connectivity index (χ1v) is 5.48. The molecule has 1 heterocycles. The molecule has 2 nitrogen and oxygen atoms in total. The molecule has 0 aliphatic heterocycles. The molecular weight excluding hydrogens is 194 g/mol. The number of H-pyrrole nitrogens is 1. The first-order valence-electron chi connectivity index (χ1n) is 4.67. The van der Waals surface area contributed by atoms with Crippen LogP contribution in [0.4, 0.5) is 0 Å². The molecule has 78 valence electrons. The fourth-order valence-electron chi connectivity index (χ4n) is 0.941. The number of allylic oxidation sites excluding steroid dienone is 2. The third kappa shape index (κ3) is 3.34. The number of nitrogens with one attached hydrogen (secondary N) is 1. The largest absolute Gasteiger partial charge is 0.312 e. The van der Waals surface area contributed by atoms with Crippen molar-refractivity contribution in [3.8, 4) is 0 Å². The number of hydrogen-bond donors (Lipinski definition) is 1. The van der Waals surface area contributed by atoms with Crippen molar-refractivity contribution in [2.75, 3.05) is 0 Å². The topological polar surface area (TPSA) is 32.9 Å². The fraction of sp³-hybridized carbons (Fsp3) is 0.364. The first kappa shape index (κ1) is 12.9. The second-order valence-electron chi connectivity index (χ2n) is 2.54. The van der Waals surface area contributed by atoms with Crippen LogP contribution >= 0.6 is 11.3 Å². The maximum absolute atomic E-state index is 11.0. The minimum Gasteiger partial charge on any atom is -0.312 e. The summed E-state index contributed by atoms with van der Waals surface area (Å²) in [6.45, 7) is 11.6. The van der Waals surface area contributed by atoms with E-state index in [0.29, 0.717) is 0 Å². The van der Waals surface area contributed by atoms with E-state index >= 15 is 0 Å². The molecule has 1 rings (SSSR count). The zero-order valence-corrected chi connectivity index (χ0v) is 9.99. The summed E-state index contributed by atoms with van der Waals surface area (Å²) in [6, 6.07) is 0. The second-order valence-corrected chi connectivity index (χ2v) is 3.52. The molecule has 0 amide bonds. The summed E-state index contributed by atoms with van der Waals surface area (Å²) < 4.78 is 0. The molecule has 0 aliphatic carbocycles. The van der Waals surface area contributed by atoms with E-state index in [1.807, 2.05) is 39.8 Å². The number of aromatic nitrogens is 1. The SMILES string of the molecule is C=C(C)c1sc(=O)[nH]c1/C=C\C.CC. The third-order valence-electron chi connectivity index (χ3n) is 1.40. The number of aromatic amines is 1. The van der Waals surface area contributed by atoms with Gasteiger partial charge in [0.15, 0.2) is 0 Å². The van der Waals surface area contributed by atoms with Gasteiger partial charge in [-0.3, -0.25) is 4.79 Å². The fourth-order valence-corrected chi connectivity index (χ4v) is 1.69. The summed E-state index contributed by atoms with van der Waals surface area (Å²) >= 11 is 1.20. The molecule has 0 spiro atoms. The van der Waals surface area contributed by atoms with Crippen molar-refractivity contribution in [3.05, 3.63) is 32.9 Å². The number of rotatable bonds is 2. The summed E-state index contributed by atoms with van der Waals surface area (Å²) in [5.41, 5.74) is 1.78. The van der Waals surface area contributed by atoms with Crippen LogP contribution in [0.25, 0.3) is 11.6 Å². The Balaban J connectivity index is 0.000000791. The van der Waals surface area contributed by atoms with Crippen molar-refractivity contribution in [2.45, 2.75) is 27.7 Å². The molecule has 1 N–H and O–H groups in total. The molecule has 1 aromatic heterocycles. The van der Waals surface area contributed by atoms with E-state index in [1.54, 1.807) is 0 Å². The Morgan fingerprint density at radius 3 is 2.50 bits per heavy atom. The molecule has 0 bridgehead atoms. The summed E-state index contributed by atoms with van der Waals surface area (Å²) in [7, 11) is 0. The highest BCUT2D eigenvalue weighted by molar-refractivity contribution is 7.10. The lowest BCUT2D eigenvalue weighted by Crippen LogP contribution is -1.91. The first-order chi connectivity index (χ1) is 6.65. The highest BCUT2D eigenvalue weighted by Crippen LogP contribution is 2.19. The zero-order chi connectivity index (χ0) is 11.1. The van der Waals surface area contributed by atoms with Crippen molar-refractivity contribution < 1.29 is 0 Å². The van der Waals surface area contributed by atoms with Crippen LogP contribution in [0.5, 0.6) is 0 Å². The maximum Gasteiger partial charge on any atom is 0.305 e. The number of hydrogen-bond acceptors (Lipinski definition) is 2. The van der Waals surface area contributed by atoms with Crippen LogP contribution in [0.2, 0.25) is 0 Å². The Bertz CT molecular complexity index is 371. The summed E-state index contributed by atoms with van der Waals surface area (Å²) in [5, 5.41) is 0. The van der Waals surface area contributed by atoms with E-state index in [9.17, 15) is 4.79 Å². The van der Waals surface area contributed by atoms with Crippen LogP contribution < -0.4 is 4.87 Å². The molecule has 0 unspecified atom stereocenters. The van der Waals surface area contributed by atoms with E-state index in [-0.39, 0.29) is 4.87 Å². The van der Waals surface area contributed by atoms with Gasteiger partial charge < -0.3 is 4.98 Å². The lowest BCUT2D eigenvalue weighted by molar-refractivity contribution is 1.30. The van der Waals surface area contributed by atoms with Gasteiger partial charge in [0.05, 0.1) is 10.6 Å². The highest BCUT2D eigenvalue weighted by Gasteiger charge is 2.04. The van der Waals surface area contributed by atoms with E-state index in [0.717, 1.165) is 16.1 Å². The van der Waals surface area contributed by atoms with E-state index in [1.165, 1.54) is 11.3 Å². The average molecular weight is 211 g/mol. The van der Waals surface area contributed by atoms with Crippen LogP contribution in [0.1, 0.15) is 38.3 Å².